The molecule has 0 amide bonds. The van der Waals surface area contributed by atoms with Gasteiger partial charge in [-0.25, -0.2) is 0 Å². The van der Waals surface area contributed by atoms with Crippen molar-refractivity contribution in [3.05, 3.63) is 95.1 Å². The molecule has 0 saturated heterocycles. The smallest absolute Gasteiger partial charge is 0.0445 e. The van der Waals surface area contributed by atoms with Crippen molar-refractivity contribution in [2.24, 2.45) is 0 Å². The number of thiol groups is 2. The number of rotatable bonds is 4. The number of hydrogen-bond donors (Lipinski definition) is 2. The second-order valence-electron chi connectivity index (χ2n) is 8.12. The maximum Gasteiger partial charge on any atom is 0.0445 e. The zero-order chi connectivity index (χ0) is 19.6. The zero-order valence-electron chi connectivity index (χ0n) is 16.4. The van der Waals surface area contributed by atoms with Gasteiger partial charge in [0.05, 0.1) is 0 Å². The van der Waals surface area contributed by atoms with E-state index in [1.807, 2.05) is 12.1 Å². The van der Waals surface area contributed by atoms with Gasteiger partial charge in [-0.3, -0.25) is 0 Å². The SMILES string of the molecule is CC(c1ccc(C2CCCCC2)cc1)(c1ccccc1S)c1ccccc1S. The molecular weight excluding hydrogens is 376 g/mol. The number of hydrogen-bond acceptors (Lipinski definition) is 2. The molecule has 0 bridgehead atoms. The van der Waals surface area contributed by atoms with E-state index in [-0.39, 0.29) is 5.41 Å². The standard InChI is InChI=1S/C26H28S2/c1-26(22-11-5-7-13-24(22)27,23-12-6-8-14-25(23)28)21-17-15-20(16-18-21)19-9-3-2-4-10-19/h5-8,11-19,27-28H,2-4,9-10H2,1H3. The Labute approximate surface area is 180 Å². The van der Waals surface area contributed by atoms with Crippen LogP contribution in [0.3, 0.4) is 0 Å². The molecule has 0 atom stereocenters. The van der Waals surface area contributed by atoms with Crippen LogP contribution in [0.1, 0.15) is 67.2 Å². The van der Waals surface area contributed by atoms with Crippen LogP contribution in [0, 0.1) is 0 Å². The summed E-state index contributed by atoms with van der Waals surface area (Å²) in [6.45, 7) is 2.30. The highest BCUT2D eigenvalue weighted by Crippen LogP contribution is 2.44. The van der Waals surface area contributed by atoms with Crippen molar-refractivity contribution in [3.8, 4) is 0 Å². The molecule has 144 valence electrons. The quantitative estimate of drug-likeness (QED) is 0.323. The largest absolute Gasteiger partial charge is 0.143 e. The molecule has 0 unspecified atom stereocenters. The van der Waals surface area contributed by atoms with E-state index in [1.165, 1.54) is 54.4 Å². The lowest BCUT2D eigenvalue weighted by Gasteiger charge is -2.34. The number of benzene rings is 3. The van der Waals surface area contributed by atoms with Crippen molar-refractivity contribution in [3.63, 3.8) is 0 Å². The highest BCUT2D eigenvalue weighted by Gasteiger charge is 2.34. The summed E-state index contributed by atoms with van der Waals surface area (Å²) in [6, 6.07) is 26.2. The molecule has 3 aromatic rings. The van der Waals surface area contributed by atoms with Crippen molar-refractivity contribution in [2.75, 3.05) is 0 Å². The van der Waals surface area contributed by atoms with Gasteiger partial charge >= 0.3 is 0 Å². The predicted molar refractivity (Wildman–Crippen MR) is 125 cm³/mol. The Morgan fingerprint density at radius 1 is 0.679 bits per heavy atom. The van der Waals surface area contributed by atoms with Gasteiger partial charge in [-0.15, -0.1) is 25.3 Å². The fourth-order valence-corrected chi connectivity index (χ4v) is 5.54. The fourth-order valence-electron chi connectivity index (χ4n) is 4.77. The van der Waals surface area contributed by atoms with Crippen molar-refractivity contribution >= 4 is 25.3 Å². The maximum absolute atomic E-state index is 4.80. The van der Waals surface area contributed by atoms with E-state index in [0.717, 1.165) is 15.7 Å². The van der Waals surface area contributed by atoms with E-state index in [9.17, 15) is 0 Å². The molecule has 0 spiro atoms. The van der Waals surface area contributed by atoms with Gasteiger partial charge in [-0.2, -0.15) is 0 Å². The van der Waals surface area contributed by atoms with Crippen molar-refractivity contribution in [1.29, 1.82) is 0 Å². The van der Waals surface area contributed by atoms with Gasteiger partial charge in [0.25, 0.3) is 0 Å². The lowest BCUT2D eigenvalue weighted by molar-refractivity contribution is 0.443. The Balaban J connectivity index is 1.82. The third-order valence-electron chi connectivity index (χ3n) is 6.45. The molecule has 28 heavy (non-hydrogen) atoms. The van der Waals surface area contributed by atoms with Crippen molar-refractivity contribution in [1.82, 2.24) is 0 Å². The van der Waals surface area contributed by atoms with Crippen molar-refractivity contribution < 1.29 is 0 Å². The van der Waals surface area contributed by atoms with Crippen LogP contribution in [0.25, 0.3) is 0 Å². The van der Waals surface area contributed by atoms with E-state index >= 15 is 0 Å². The molecular formula is C26H28S2. The van der Waals surface area contributed by atoms with Crippen LogP contribution in [-0.2, 0) is 5.41 Å². The van der Waals surface area contributed by atoms with Crippen LogP contribution in [0.4, 0.5) is 0 Å². The van der Waals surface area contributed by atoms with Crippen LogP contribution in [0.2, 0.25) is 0 Å². The second kappa shape index (κ2) is 8.39. The first-order valence-electron chi connectivity index (χ1n) is 10.3. The minimum Gasteiger partial charge on any atom is -0.143 e. The first-order valence-corrected chi connectivity index (χ1v) is 11.2. The summed E-state index contributed by atoms with van der Waals surface area (Å²) in [7, 11) is 0. The van der Waals surface area contributed by atoms with Gasteiger partial charge in [-0.05, 0) is 60.1 Å². The maximum atomic E-state index is 4.80. The first-order chi connectivity index (χ1) is 13.6. The summed E-state index contributed by atoms with van der Waals surface area (Å²) in [5.74, 6) is 0.725. The topological polar surface area (TPSA) is 0 Å². The molecule has 4 rings (SSSR count). The molecule has 3 aromatic carbocycles. The second-order valence-corrected chi connectivity index (χ2v) is 9.08. The Bertz CT molecular complexity index is 891. The molecule has 0 nitrogen and oxygen atoms in total. The highest BCUT2D eigenvalue weighted by atomic mass is 32.1. The summed E-state index contributed by atoms with van der Waals surface area (Å²) in [5.41, 5.74) is 4.90. The van der Waals surface area contributed by atoms with Gasteiger partial charge in [0.1, 0.15) is 0 Å². The minimum absolute atomic E-state index is 0.304. The van der Waals surface area contributed by atoms with E-state index in [0.29, 0.717) is 0 Å². The third kappa shape index (κ3) is 3.65. The Kier molecular flexibility index (Phi) is 5.89. The monoisotopic (exact) mass is 404 g/mol. The lowest BCUT2D eigenvalue weighted by Crippen LogP contribution is -2.26. The van der Waals surface area contributed by atoms with E-state index < -0.39 is 0 Å². The Morgan fingerprint density at radius 3 is 1.68 bits per heavy atom. The lowest BCUT2D eigenvalue weighted by atomic mass is 9.70. The highest BCUT2D eigenvalue weighted by molar-refractivity contribution is 7.80. The van der Waals surface area contributed by atoms with Crippen LogP contribution in [0.15, 0.2) is 82.6 Å². The molecule has 1 aliphatic carbocycles. The molecule has 2 heteroatoms. The molecule has 1 aliphatic rings. The molecule has 0 radical (unpaired) electrons. The summed E-state index contributed by atoms with van der Waals surface area (Å²) >= 11 is 9.61. The Morgan fingerprint density at radius 2 is 1.18 bits per heavy atom. The Hall–Kier alpha value is -1.64. The fraction of sp³-hybridized carbons (Fsp3) is 0.308. The van der Waals surface area contributed by atoms with Crippen LogP contribution < -0.4 is 0 Å². The predicted octanol–water partition coefficient (Wildman–Crippen LogP) is 7.67. The van der Waals surface area contributed by atoms with E-state index in [1.54, 1.807) is 0 Å². The molecule has 1 fully saturated rings. The zero-order valence-corrected chi connectivity index (χ0v) is 18.2. The summed E-state index contributed by atoms with van der Waals surface area (Å²) in [4.78, 5) is 2.02. The van der Waals surface area contributed by atoms with Gasteiger partial charge in [0.2, 0.25) is 0 Å². The summed E-state index contributed by atoms with van der Waals surface area (Å²) in [6.07, 6.45) is 6.78. The van der Waals surface area contributed by atoms with Crippen molar-refractivity contribution in [2.45, 2.75) is 60.2 Å². The average molecular weight is 405 g/mol. The van der Waals surface area contributed by atoms with Gasteiger partial charge < -0.3 is 0 Å². The third-order valence-corrected chi connectivity index (χ3v) is 7.23. The molecule has 0 heterocycles. The van der Waals surface area contributed by atoms with Gasteiger partial charge in [0, 0.05) is 15.2 Å². The normalized spacial score (nSPS) is 15.5. The molecule has 1 saturated carbocycles. The molecule has 0 aliphatic heterocycles. The van der Waals surface area contributed by atoms with Crippen LogP contribution >= 0.6 is 25.3 Å². The molecule has 0 N–H and O–H groups in total. The van der Waals surface area contributed by atoms with E-state index in [4.69, 9.17) is 25.3 Å². The van der Waals surface area contributed by atoms with Gasteiger partial charge in [0.15, 0.2) is 0 Å². The van der Waals surface area contributed by atoms with E-state index in [2.05, 4.69) is 67.6 Å². The minimum atomic E-state index is -0.304. The van der Waals surface area contributed by atoms with Crippen LogP contribution in [-0.4, -0.2) is 0 Å². The summed E-state index contributed by atoms with van der Waals surface area (Å²) < 4.78 is 0. The summed E-state index contributed by atoms with van der Waals surface area (Å²) in [5, 5.41) is 0. The first kappa shape index (κ1) is 19.7. The molecule has 0 aromatic heterocycles. The van der Waals surface area contributed by atoms with Crippen LogP contribution in [0.5, 0.6) is 0 Å². The average Bonchev–Trinajstić information content (AvgIpc) is 2.75. The van der Waals surface area contributed by atoms with Gasteiger partial charge in [-0.1, -0.05) is 79.9 Å².